The van der Waals surface area contributed by atoms with E-state index in [4.69, 9.17) is 0 Å². The first kappa shape index (κ1) is 23.4. The minimum absolute atomic E-state index is 0.119. The standard InChI is InChI=1S/C26H28N2O3S/c1-4-18-28(32(30,31)25-16-10-20(2)11-17-25)19-22-12-14-24(15-13-22)26(29)27-21(3)23-8-6-5-7-9-23/h4-17,21H,1,18-19H2,2-3H3,(H,27,29)/t21-/m0/s1. The van der Waals surface area contributed by atoms with Crippen molar-refractivity contribution in [3.05, 3.63) is 114 Å². The van der Waals surface area contributed by atoms with Gasteiger partial charge in [0.25, 0.3) is 5.91 Å². The zero-order valence-electron chi connectivity index (χ0n) is 18.4. The molecule has 0 aromatic heterocycles. The summed E-state index contributed by atoms with van der Waals surface area (Å²) in [5.74, 6) is -0.178. The van der Waals surface area contributed by atoms with Gasteiger partial charge in [0.2, 0.25) is 10.0 Å². The Morgan fingerprint density at radius 2 is 1.62 bits per heavy atom. The van der Waals surface area contributed by atoms with Crippen molar-refractivity contribution in [3.8, 4) is 0 Å². The van der Waals surface area contributed by atoms with E-state index >= 15 is 0 Å². The number of rotatable bonds is 9. The first-order valence-corrected chi connectivity index (χ1v) is 11.9. The zero-order chi connectivity index (χ0) is 23.1. The van der Waals surface area contributed by atoms with E-state index in [1.807, 2.05) is 44.2 Å². The second-order valence-electron chi connectivity index (χ2n) is 7.70. The normalized spacial score (nSPS) is 12.3. The summed E-state index contributed by atoms with van der Waals surface area (Å²) >= 11 is 0. The van der Waals surface area contributed by atoms with Crippen molar-refractivity contribution in [2.24, 2.45) is 0 Å². The summed E-state index contributed by atoms with van der Waals surface area (Å²) in [7, 11) is -3.67. The van der Waals surface area contributed by atoms with Crippen LogP contribution in [0.15, 0.2) is 96.4 Å². The lowest BCUT2D eigenvalue weighted by Crippen LogP contribution is -2.31. The highest BCUT2D eigenvalue weighted by molar-refractivity contribution is 7.89. The molecule has 0 spiro atoms. The molecule has 0 bridgehead atoms. The molecular weight excluding hydrogens is 420 g/mol. The number of nitrogens with zero attached hydrogens (tertiary/aromatic N) is 1. The van der Waals surface area contributed by atoms with E-state index < -0.39 is 10.0 Å². The van der Waals surface area contributed by atoms with Crippen molar-refractivity contribution < 1.29 is 13.2 Å². The smallest absolute Gasteiger partial charge is 0.251 e. The van der Waals surface area contributed by atoms with Gasteiger partial charge in [0.1, 0.15) is 0 Å². The van der Waals surface area contributed by atoms with E-state index in [0.717, 1.165) is 16.7 Å². The number of hydrogen-bond acceptors (Lipinski definition) is 3. The molecule has 6 heteroatoms. The van der Waals surface area contributed by atoms with Crippen molar-refractivity contribution >= 4 is 15.9 Å². The van der Waals surface area contributed by atoms with Crippen LogP contribution in [0, 0.1) is 6.92 Å². The minimum Gasteiger partial charge on any atom is -0.346 e. The van der Waals surface area contributed by atoms with E-state index in [9.17, 15) is 13.2 Å². The fraction of sp³-hybridized carbons (Fsp3) is 0.192. The van der Waals surface area contributed by atoms with Gasteiger partial charge in [-0.1, -0.05) is 66.2 Å². The molecule has 3 aromatic rings. The molecule has 3 rings (SSSR count). The summed E-state index contributed by atoms with van der Waals surface area (Å²) < 4.78 is 27.5. The molecule has 1 atom stereocenters. The number of carbonyl (C=O) groups is 1. The first-order chi connectivity index (χ1) is 15.3. The van der Waals surface area contributed by atoms with Gasteiger partial charge in [-0.25, -0.2) is 8.42 Å². The average molecular weight is 449 g/mol. The van der Waals surface area contributed by atoms with Crippen LogP contribution < -0.4 is 5.32 Å². The molecule has 3 aromatic carbocycles. The third-order valence-electron chi connectivity index (χ3n) is 5.21. The van der Waals surface area contributed by atoms with E-state index in [0.29, 0.717) is 5.56 Å². The average Bonchev–Trinajstić information content (AvgIpc) is 2.80. The molecule has 1 N–H and O–H groups in total. The number of carbonyl (C=O) groups excluding carboxylic acids is 1. The van der Waals surface area contributed by atoms with Gasteiger partial charge in [0, 0.05) is 18.7 Å². The molecular formula is C26H28N2O3S. The molecule has 0 radical (unpaired) electrons. The van der Waals surface area contributed by atoms with E-state index in [1.54, 1.807) is 54.6 Å². The van der Waals surface area contributed by atoms with E-state index in [-0.39, 0.29) is 29.9 Å². The molecule has 0 aliphatic heterocycles. The third kappa shape index (κ3) is 5.72. The maximum atomic E-state index is 13.1. The van der Waals surface area contributed by atoms with Crippen LogP contribution in [-0.4, -0.2) is 25.2 Å². The minimum atomic E-state index is -3.67. The van der Waals surface area contributed by atoms with Crippen LogP contribution in [-0.2, 0) is 16.6 Å². The number of amides is 1. The van der Waals surface area contributed by atoms with Crippen molar-refractivity contribution in [1.29, 1.82) is 0 Å². The molecule has 0 saturated heterocycles. The van der Waals surface area contributed by atoms with Gasteiger partial charge in [-0.15, -0.1) is 6.58 Å². The van der Waals surface area contributed by atoms with Crippen LogP contribution in [0.5, 0.6) is 0 Å². The summed E-state index contributed by atoms with van der Waals surface area (Å²) in [5, 5.41) is 2.98. The molecule has 5 nitrogen and oxygen atoms in total. The monoisotopic (exact) mass is 448 g/mol. The Hall–Kier alpha value is -3.22. The number of nitrogens with one attached hydrogen (secondary N) is 1. The largest absolute Gasteiger partial charge is 0.346 e. The summed E-state index contributed by atoms with van der Waals surface area (Å²) in [6.07, 6.45) is 1.57. The predicted molar refractivity (Wildman–Crippen MR) is 128 cm³/mol. The molecule has 0 saturated carbocycles. The lowest BCUT2D eigenvalue weighted by molar-refractivity contribution is 0.0940. The fourth-order valence-corrected chi connectivity index (χ4v) is 4.72. The Bertz CT molecular complexity index is 1160. The summed E-state index contributed by atoms with van der Waals surface area (Å²) in [4.78, 5) is 12.9. The zero-order valence-corrected chi connectivity index (χ0v) is 19.2. The van der Waals surface area contributed by atoms with Crippen molar-refractivity contribution in [3.63, 3.8) is 0 Å². The van der Waals surface area contributed by atoms with Crippen LogP contribution >= 0.6 is 0 Å². The lowest BCUT2D eigenvalue weighted by atomic mass is 10.1. The van der Waals surface area contributed by atoms with Gasteiger partial charge in [0.05, 0.1) is 10.9 Å². The summed E-state index contributed by atoms with van der Waals surface area (Å²) in [5.41, 5.74) is 3.33. The van der Waals surface area contributed by atoms with Crippen molar-refractivity contribution in [2.75, 3.05) is 6.54 Å². The molecule has 0 aliphatic carbocycles. The topological polar surface area (TPSA) is 66.5 Å². The Morgan fingerprint density at radius 3 is 2.22 bits per heavy atom. The van der Waals surface area contributed by atoms with Crippen LogP contribution in [0.4, 0.5) is 0 Å². The SMILES string of the molecule is C=CCN(Cc1ccc(C(=O)N[C@@H](C)c2ccccc2)cc1)S(=O)(=O)c1ccc(C)cc1. The Balaban J connectivity index is 1.72. The molecule has 0 unspecified atom stereocenters. The van der Waals surface area contributed by atoms with Crippen molar-refractivity contribution in [1.82, 2.24) is 9.62 Å². The molecule has 166 valence electrons. The lowest BCUT2D eigenvalue weighted by Gasteiger charge is -2.21. The predicted octanol–water partition coefficient (Wildman–Crippen LogP) is 4.86. The Labute approximate surface area is 190 Å². The van der Waals surface area contributed by atoms with Crippen LogP contribution in [0.3, 0.4) is 0 Å². The highest BCUT2D eigenvalue weighted by Gasteiger charge is 2.23. The Kier molecular flexibility index (Phi) is 7.62. The van der Waals surface area contributed by atoms with Gasteiger partial charge in [-0.3, -0.25) is 4.79 Å². The third-order valence-corrected chi connectivity index (χ3v) is 7.04. The molecule has 0 fully saturated rings. The highest BCUT2D eigenvalue weighted by Crippen LogP contribution is 2.20. The fourth-order valence-electron chi connectivity index (χ4n) is 3.32. The van der Waals surface area contributed by atoms with Crippen LogP contribution in [0.25, 0.3) is 0 Å². The number of benzene rings is 3. The van der Waals surface area contributed by atoms with Gasteiger partial charge in [-0.2, -0.15) is 4.31 Å². The summed E-state index contributed by atoms with van der Waals surface area (Å²) in [6.45, 7) is 7.91. The van der Waals surface area contributed by atoms with Crippen LogP contribution in [0.1, 0.15) is 40.0 Å². The van der Waals surface area contributed by atoms with E-state index in [1.165, 1.54) is 4.31 Å². The van der Waals surface area contributed by atoms with Crippen LogP contribution in [0.2, 0.25) is 0 Å². The van der Waals surface area contributed by atoms with Gasteiger partial charge >= 0.3 is 0 Å². The second-order valence-corrected chi connectivity index (χ2v) is 9.64. The van der Waals surface area contributed by atoms with Gasteiger partial charge in [0.15, 0.2) is 0 Å². The maximum absolute atomic E-state index is 13.1. The van der Waals surface area contributed by atoms with Gasteiger partial charge in [-0.05, 0) is 49.2 Å². The number of aryl methyl sites for hydroxylation is 1. The number of sulfonamides is 1. The second kappa shape index (κ2) is 10.4. The molecule has 1 amide bonds. The maximum Gasteiger partial charge on any atom is 0.251 e. The quantitative estimate of drug-likeness (QED) is 0.475. The summed E-state index contributed by atoms with van der Waals surface area (Å²) in [6, 6.07) is 23.4. The van der Waals surface area contributed by atoms with Gasteiger partial charge < -0.3 is 5.32 Å². The highest BCUT2D eigenvalue weighted by atomic mass is 32.2. The van der Waals surface area contributed by atoms with Crippen molar-refractivity contribution in [2.45, 2.75) is 31.3 Å². The molecule has 32 heavy (non-hydrogen) atoms. The number of hydrogen-bond donors (Lipinski definition) is 1. The Morgan fingerprint density at radius 1 is 1.00 bits per heavy atom. The van der Waals surface area contributed by atoms with E-state index in [2.05, 4.69) is 11.9 Å². The first-order valence-electron chi connectivity index (χ1n) is 10.4. The molecule has 0 heterocycles. The molecule has 0 aliphatic rings.